The molecule has 1 aliphatic carbocycles. The van der Waals surface area contributed by atoms with Crippen molar-refractivity contribution in [2.75, 3.05) is 39.1 Å². The minimum atomic E-state index is 0.000324. The first kappa shape index (κ1) is 13.5. The number of rotatable bonds is 3. The molecule has 19 heavy (non-hydrogen) atoms. The summed E-state index contributed by atoms with van der Waals surface area (Å²) in [5.41, 5.74) is 1.20. The Balaban J connectivity index is 1.94. The van der Waals surface area contributed by atoms with Crippen LogP contribution in [0, 0.1) is 3.57 Å². The Hall–Kier alpha value is -0.470. The van der Waals surface area contributed by atoms with Gasteiger partial charge < -0.3 is 15.0 Å². The van der Waals surface area contributed by atoms with Gasteiger partial charge in [0.25, 0.3) is 0 Å². The number of hydrogen-bond acceptors (Lipinski definition) is 5. The molecular formula is C13H19IN4O. The van der Waals surface area contributed by atoms with Crippen LogP contribution in [0.5, 0.6) is 0 Å². The molecule has 1 saturated heterocycles. The number of likely N-dealkylation sites (N-methyl/N-ethyl adjacent to an activating group) is 1. The van der Waals surface area contributed by atoms with Crippen LogP contribution >= 0.6 is 22.6 Å². The van der Waals surface area contributed by atoms with Gasteiger partial charge in [-0.15, -0.1) is 0 Å². The molecule has 104 valence electrons. The van der Waals surface area contributed by atoms with Gasteiger partial charge in [-0.3, -0.25) is 0 Å². The molecule has 0 aromatic carbocycles. The van der Waals surface area contributed by atoms with Crippen molar-refractivity contribution in [2.24, 2.45) is 0 Å². The molecular weight excluding hydrogens is 355 g/mol. The molecule has 1 atom stereocenters. The van der Waals surface area contributed by atoms with Gasteiger partial charge in [-0.1, -0.05) is 0 Å². The van der Waals surface area contributed by atoms with Gasteiger partial charge in [0, 0.05) is 26.1 Å². The summed E-state index contributed by atoms with van der Waals surface area (Å²) < 4.78 is 6.99. The Morgan fingerprint density at radius 1 is 1.37 bits per heavy atom. The average molecular weight is 374 g/mol. The zero-order valence-corrected chi connectivity index (χ0v) is 13.5. The van der Waals surface area contributed by atoms with Crippen molar-refractivity contribution in [1.82, 2.24) is 14.9 Å². The van der Waals surface area contributed by atoms with Gasteiger partial charge in [0.15, 0.2) is 5.82 Å². The van der Waals surface area contributed by atoms with E-state index in [1.165, 1.54) is 18.5 Å². The van der Waals surface area contributed by atoms with Crippen LogP contribution in [-0.4, -0.2) is 48.7 Å². The van der Waals surface area contributed by atoms with E-state index in [4.69, 9.17) is 9.72 Å². The molecule has 1 N–H and O–H groups in total. The van der Waals surface area contributed by atoms with Gasteiger partial charge in [0.1, 0.15) is 11.9 Å². The highest BCUT2D eigenvalue weighted by atomic mass is 127. The lowest BCUT2D eigenvalue weighted by atomic mass is 10.2. The fourth-order valence-corrected chi connectivity index (χ4v) is 3.30. The highest BCUT2D eigenvalue weighted by molar-refractivity contribution is 14.1. The van der Waals surface area contributed by atoms with Crippen molar-refractivity contribution in [2.45, 2.75) is 24.9 Å². The molecule has 1 aromatic rings. The second-order valence-corrected chi connectivity index (χ2v) is 6.35. The highest BCUT2D eigenvalue weighted by Crippen LogP contribution is 2.42. The van der Waals surface area contributed by atoms with Crippen LogP contribution in [0.4, 0.5) is 5.82 Å². The van der Waals surface area contributed by atoms with Crippen LogP contribution in [0.3, 0.4) is 0 Å². The number of ether oxygens (including phenoxy) is 1. The lowest BCUT2D eigenvalue weighted by Gasteiger charge is -2.29. The first-order valence-electron chi connectivity index (χ1n) is 6.74. The maximum atomic E-state index is 5.83. The van der Waals surface area contributed by atoms with Crippen molar-refractivity contribution >= 4 is 28.4 Å². The lowest BCUT2D eigenvalue weighted by molar-refractivity contribution is -0.0255. The van der Waals surface area contributed by atoms with E-state index in [1.54, 1.807) is 0 Å². The van der Waals surface area contributed by atoms with Gasteiger partial charge in [-0.05, 0) is 42.5 Å². The normalized spacial score (nSPS) is 24.5. The predicted octanol–water partition coefficient (Wildman–Crippen LogP) is 2.00. The Morgan fingerprint density at radius 3 is 2.79 bits per heavy atom. The maximum absolute atomic E-state index is 5.83. The third-order valence-corrected chi connectivity index (χ3v) is 4.72. The molecule has 1 unspecified atom stereocenters. The Bertz CT molecular complexity index is 478. The monoisotopic (exact) mass is 374 g/mol. The van der Waals surface area contributed by atoms with Crippen LogP contribution in [0.15, 0.2) is 0 Å². The van der Waals surface area contributed by atoms with Crippen molar-refractivity contribution < 1.29 is 4.74 Å². The van der Waals surface area contributed by atoms with E-state index in [9.17, 15) is 0 Å². The van der Waals surface area contributed by atoms with E-state index in [-0.39, 0.29) is 6.10 Å². The standard InChI is InChI=1S/C13H19IN4O/c1-15-13-10(14)11(8-3-4-8)16-12(17-13)9-7-18(2)5-6-19-9/h8-9H,3-7H2,1-2H3,(H,15,16,17). The van der Waals surface area contributed by atoms with Gasteiger partial charge >= 0.3 is 0 Å². The third kappa shape index (κ3) is 2.85. The molecule has 0 bridgehead atoms. The van der Waals surface area contributed by atoms with Crippen molar-refractivity contribution in [1.29, 1.82) is 0 Å². The van der Waals surface area contributed by atoms with Gasteiger partial charge in [0.05, 0.1) is 15.9 Å². The fourth-order valence-electron chi connectivity index (χ4n) is 2.35. The van der Waals surface area contributed by atoms with Crippen LogP contribution < -0.4 is 5.32 Å². The number of hydrogen-bond donors (Lipinski definition) is 1. The number of anilines is 1. The van der Waals surface area contributed by atoms with Gasteiger partial charge in [-0.25, -0.2) is 9.97 Å². The zero-order chi connectivity index (χ0) is 13.4. The van der Waals surface area contributed by atoms with Crippen LogP contribution in [0.1, 0.15) is 36.4 Å². The van der Waals surface area contributed by atoms with E-state index in [1.807, 2.05) is 7.05 Å². The molecule has 2 fully saturated rings. The number of halogens is 1. The maximum Gasteiger partial charge on any atom is 0.161 e. The van der Waals surface area contributed by atoms with Crippen LogP contribution in [0.2, 0.25) is 0 Å². The van der Waals surface area contributed by atoms with Crippen molar-refractivity contribution in [3.05, 3.63) is 15.1 Å². The van der Waals surface area contributed by atoms with E-state index in [2.05, 4.69) is 44.8 Å². The Kier molecular flexibility index (Phi) is 3.91. The Morgan fingerprint density at radius 2 is 2.16 bits per heavy atom. The quantitative estimate of drug-likeness (QED) is 0.821. The summed E-state index contributed by atoms with van der Waals surface area (Å²) in [7, 11) is 4.03. The molecule has 3 rings (SSSR count). The minimum Gasteiger partial charge on any atom is -0.372 e. The Labute approximate surface area is 127 Å². The SMILES string of the molecule is CNc1nc(C2CN(C)CCO2)nc(C2CC2)c1I. The molecule has 0 spiro atoms. The molecule has 0 amide bonds. The van der Waals surface area contributed by atoms with Crippen LogP contribution in [0.25, 0.3) is 0 Å². The first-order chi connectivity index (χ1) is 9.19. The largest absolute Gasteiger partial charge is 0.372 e. The summed E-state index contributed by atoms with van der Waals surface area (Å²) in [5.74, 6) is 2.39. The number of morpholine rings is 1. The third-order valence-electron chi connectivity index (χ3n) is 3.65. The van der Waals surface area contributed by atoms with E-state index in [0.717, 1.165) is 34.9 Å². The molecule has 6 heteroatoms. The summed E-state index contributed by atoms with van der Waals surface area (Å²) in [6.45, 7) is 2.60. The fraction of sp³-hybridized carbons (Fsp3) is 0.692. The van der Waals surface area contributed by atoms with E-state index in [0.29, 0.717) is 5.92 Å². The smallest absolute Gasteiger partial charge is 0.161 e. The summed E-state index contributed by atoms with van der Waals surface area (Å²) >= 11 is 2.35. The molecule has 1 aliphatic heterocycles. The van der Waals surface area contributed by atoms with Gasteiger partial charge in [0.2, 0.25) is 0 Å². The van der Waals surface area contributed by atoms with Crippen molar-refractivity contribution in [3.63, 3.8) is 0 Å². The molecule has 1 saturated carbocycles. The number of nitrogens with one attached hydrogen (secondary N) is 1. The summed E-state index contributed by atoms with van der Waals surface area (Å²) in [6.07, 6.45) is 2.50. The van der Waals surface area contributed by atoms with E-state index >= 15 is 0 Å². The van der Waals surface area contributed by atoms with Gasteiger partial charge in [-0.2, -0.15) is 0 Å². The zero-order valence-electron chi connectivity index (χ0n) is 11.3. The molecule has 5 nitrogen and oxygen atoms in total. The summed E-state index contributed by atoms with van der Waals surface area (Å²) in [4.78, 5) is 11.7. The second kappa shape index (κ2) is 5.49. The van der Waals surface area contributed by atoms with Crippen LogP contribution in [-0.2, 0) is 4.74 Å². The first-order valence-corrected chi connectivity index (χ1v) is 7.82. The summed E-state index contributed by atoms with van der Waals surface area (Å²) in [5, 5.41) is 3.18. The molecule has 0 radical (unpaired) electrons. The average Bonchev–Trinajstić information content (AvgIpc) is 3.23. The number of aromatic nitrogens is 2. The molecule has 2 aliphatic rings. The number of nitrogens with zero attached hydrogens (tertiary/aromatic N) is 3. The topological polar surface area (TPSA) is 50.3 Å². The highest BCUT2D eigenvalue weighted by Gasteiger charge is 2.31. The molecule has 2 heterocycles. The second-order valence-electron chi connectivity index (χ2n) is 5.28. The predicted molar refractivity (Wildman–Crippen MR) is 82.5 cm³/mol. The lowest BCUT2D eigenvalue weighted by Crippen LogP contribution is -2.36. The van der Waals surface area contributed by atoms with E-state index < -0.39 is 0 Å². The van der Waals surface area contributed by atoms with Crippen molar-refractivity contribution in [3.8, 4) is 0 Å². The minimum absolute atomic E-state index is 0.000324. The molecule has 1 aromatic heterocycles. The summed E-state index contributed by atoms with van der Waals surface area (Å²) in [6, 6.07) is 0.